The first-order chi connectivity index (χ1) is 12.7. The van der Waals surface area contributed by atoms with E-state index in [2.05, 4.69) is 86.4 Å². The van der Waals surface area contributed by atoms with Gasteiger partial charge in [-0.1, -0.05) is 18.2 Å². The van der Waals surface area contributed by atoms with E-state index in [0.29, 0.717) is 0 Å². The molecule has 4 aromatic rings. The molecular weight excluding hydrogens is 428 g/mol. The van der Waals surface area contributed by atoms with Gasteiger partial charge in [0.25, 0.3) is 0 Å². The van der Waals surface area contributed by atoms with E-state index >= 15 is 0 Å². The molecule has 2 aromatic carbocycles. The highest BCUT2D eigenvalue weighted by Crippen LogP contribution is 2.29. The van der Waals surface area contributed by atoms with E-state index in [1.165, 1.54) is 4.90 Å². The number of hydrogen-bond acceptors (Lipinski definition) is 5. The molecule has 0 bridgehead atoms. The van der Waals surface area contributed by atoms with Crippen LogP contribution < -0.4 is 5.32 Å². The van der Waals surface area contributed by atoms with Gasteiger partial charge in [0.2, 0.25) is 0 Å². The van der Waals surface area contributed by atoms with E-state index in [4.69, 9.17) is 4.98 Å². The minimum absolute atomic E-state index is 0.822. The summed E-state index contributed by atoms with van der Waals surface area (Å²) in [7, 11) is 0. The number of aromatic nitrogens is 3. The molecule has 0 radical (unpaired) electrons. The van der Waals surface area contributed by atoms with Crippen molar-refractivity contribution in [2.24, 2.45) is 0 Å². The van der Waals surface area contributed by atoms with Crippen molar-refractivity contribution < 1.29 is 0 Å². The van der Waals surface area contributed by atoms with Gasteiger partial charge in [0.05, 0.1) is 5.69 Å². The summed E-state index contributed by atoms with van der Waals surface area (Å²) < 4.78 is 2.79. The lowest BCUT2D eigenvalue weighted by atomic mass is 10.1. The molecule has 26 heavy (non-hydrogen) atoms. The molecule has 0 fully saturated rings. The van der Waals surface area contributed by atoms with Crippen molar-refractivity contribution in [3.05, 3.63) is 71.0 Å². The summed E-state index contributed by atoms with van der Waals surface area (Å²) in [5, 5.41) is 6.35. The van der Waals surface area contributed by atoms with Crippen LogP contribution in [0.15, 0.2) is 75.9 Å². The zero-order valence-corrected chi connectivity index (χ0v) is 17.1. The van der Waals surface area contributed by atoms with E-state index < -0.39 is 0 Å². The molecule has 4 nitrogen and oxygen atoms in total. The van der Waals surface area contributed by atoms with Crippen molar-refractivity contribution >= 4 is 49.8 Å². The first-order valence-corrected chi connectivity index (χ1v) is 10.8. The maximum absolute atomic E-state index is 4.71. The van der Waals surface area contributed by atoms with Crippen LogP contribution in [0.3, 0.4) is 0 Å². The summed E-state index contributed by atoms with van der Waals surface area (Å²) in [6.45, 7) is 0. The van der Waals surface area contributed by atoms with Crippen LogP contribution in [0, 0.1) is 0 Å². The van der Waals surface area contributed by atoms with Gasteiger partial charge in [-0.05, 0) is 52.5 Å². The average Bonchev–Trinajstić information content (AvgIpc) is 3.31. The molecule has 0 unspecified atom stereocenters. The first-order valence-electron chi connectivity index (χ1n) is 7.88. The van der Waals surface area contributed by atoms with E-state index in [9.17, 15) is 0 Å². The maximum Gasteiger partial charge on any atom is 0.187 e. The minimum atomic E-state index is 0.822. The SMILES string of the molecule is CSc1cccc(Nc2nc(-c3ccc(-n4cnc(Br)c4)cc3)cs2)c1. The monoisotopic (exact) mass is 442 g/mol. The van der Waals surface area contributed by atoms with Crippen molar-refractivity contribution in [1.29, 1.82) is 0 Å². The van der Waals surface area contributed by atoms with Gasteiger partial charge < -0.3 is 9.88 Å². The molecule has 0 amide bonds. The second kappa shape index (κ2) is 7.65. The molecule has 0 saturated heterocycles. The maximum atomic E-state index is 4.71. The Morgan fingerprint density at radius 1 is 1.15 bits per heavy atom. The largest absolute Gasteiger partial charge is 0.332 e. The zero-order valence-electron chi connectivity index (χ0n) is 13.9. The van der Waals surface area contributed by atoms with Gasteiger partial charge in [-0.2, -0.15) is 0 Å². The number of benzene rings is 2. The molecule has 4 rings (SSSR count). The van der Waals surface area contributed by atoms with Crippen LogP contribution in [0.2, 0.25) is 0 Å². The highest BCUT2D eigenvalue weighted by atomic mass is 79.9. The van der Waals surface area contributed by atoms with Gasteiger partial charge >= 0.3 is 0 Å². The quantitative estimate of drug-likeness (QED) is 0.372. The van der Waals surface area contributed by atoms with Crippen molar-refractivity contribution in [1.82, 2.24) is 14.5 Å². The summed E-state index contributed by atoms with van der Waals surface area (Å²) in [6, 6.07) is 16.6. The highest BCUT2D eigenvalue weighted by Gasteiger charge is 2.06. The van der Waals surface area contributed by atoms with Crippen LogP contribution in [0.1, 0.15) is 0 Å². The first kappa shape index (κ1) is 17.3. The Morgan fingerprint density at radius 2 is 2.00 bits per heavy atom. The topological polar surface area (TPSA) is 42.7 Å². The summed E-state index contributed by atoms with van der Waals surface area (Å²) in [4.78, 5) is 10.1. The zero-order chi connectivity index (χ0) is 17.9. The predicted octanol–water partition coefficient (Wildman–Crippen LogP) is 6.22. The Balaban J connectivity index is 1.52. The van der Waals surface area contributed by atoms with Gasteiger partial charge in [0.15, 0.2) is 5.13 Å². The number of thioether (sulfide) groups is 1. The number of thiazole rings is 1. The summed E-state index contributed by atoms with van der Waals surface area (Å²) in [5.41, 5.74) is 4.18. The molecule has 0 aliphatic carbocycles. The summed E-state index contributed by atoms with van der Waals surface area (Å²) >= 11 is 6.71. The number of nitrogens with zero attached hydrogens (tertiary/aromatic N) is 3. The van der Waals surface area contributed by atoms with Crippen molar-refractivity contribution in [2.75, 3.05) is 11.6 Å². The lowest BCUT2D eigenvalue weighted by molar-refractivity contribution is 1.06. The number of anilines is 2. The fraction of sp³-hybridized carbons (Fsp3) is 0.0526. The molecule has 2 aromatic heterocycles. The van der Waals surface area contributed by atoms with Crippen LogP contribution in [0.4, 0.5) is 10.8 Å². The van der Waals surface area contributed by atoms with Gasteiger partial charge in [0, 0.05) is 33.4 Å². The Kier molecular flexibility index (Phi) is 5.10. The average molecular weight is 443 g/mol. The van der Waals surface area contributed by atoms with Gasteiger partial charge in [-0.3, -0.25) is 0 Å². The third-order valence-electron chi connectivity index (χ3n) is 3.84. The molecule has 2 heterocycles. The third kappa shape index (κ3) is 3.85. The van der Waals surface area contributed by atoms with Crippen molar-refractivity contribution in [2.45, 2.75) is 4.90 Å². The van der Waals surface area contributed by atoms with Crippen molar-refractivity contribution in [3.8, 4) is 16.9 Å². The third-order valence-corrected chi connectivity index (χ3v) is 5.73. The number of rotatable bonds is 5. The molecule has 0 saturated carbocycles. The van der Waals surface area contributed by atoms with Crippen LogP contribution in [-0.2, 0) is 0 Å². The Labute approximate surface area is 168 Å². The molecule has 7 heteroatoms. The molecule has 130 valence electrons. The Morgan fingerprint density at radius 3 is 2.73 bits per heavy atom. The Bertz CT molecular complexity index is 1020. The van der Waals surface area contributed by atoms with Gasteiger partial charge in [0.1, 0.15) is 10.9 Å². The van der Waals surface area contributed by atoms with Gasteiger partial charge in [-0.25, -0.2) is 9.97 Å². The number of imidazole rings is 1. The number of nitrogens with one attached hydrogen (secondary N) is 1. The van der Waals surface area contributed by atoms with Crippen LogP contribution in [0.5, 0.6) is 0 Å². The van der Waals surface area contributed by atoms with E-state index in [1.54, 1.807) is 29.4 Å². The lowest BCUT2D eigenvalue weighted by Gasteiger charge is -2.04. The fourth-order valence-electron chi connectivity index (χ4n) is 2.53. The van der Waals surface area contributed by atoms with Gasteiger partial charge in [-0.15, -0.1) is 23.1 Å². The van der Waals surface area contributed by atoms with Crippen LogP contribution in [-0.4, -0.2) is 20.8 Å². The smallest absolute Gasteiger partial charge is 0.187 e. The Hall–Kier alpha value is -2.09. The minimum Gasteiger partial charge on any atom is -0.332 e. The molecule has 1 N–H and O–H groups in total. The number of hydrogen-bond donors (Lipinski definition) is 1. The lowest BCUT2D eigenvalue weighted by Crippen LogP contribution is -1.91. The molecular formula is C19H15BrN4S2. The molecule has 0 atom stereocenters. The van der Waals surface area contributed by atoms with E-state index in [-0.39, 0.29) is 0 Å². The standard InChI is InChI=1S/C19H15BrN4S2/c1-25-16-4-2-3-14(9-16)22-19-23-17(11-26-19)13-5-7-15(8-6-13)24-10-18(20)21-12-24/h2-12H,1H3,(H,22,23). The molecule has 0 aliphatic heterocycles. The summed E-state index contributed by atoms with van der Waals surface area (Å²) in [6.07, 6.45) is 5.79. The van der Waals surface area contributed by atoms with Crippen LogP contribution in [0.25, 0.3) is 16.9 Å². The van der Waals surface area contributed by atoms with E-state index in [1.807, 2.05) is 10.8 Å². The summed E-state index contributed by atoms with van der Waals surface area (Å²) in [5.74, 6) is 0. The predicted molar refractivity (Wildman–Crippen MR) is 114 cm³/mol. The fourth-order valence-corrected chi connectivity index (χ4v) is 4.04. The van der Waals surface area contributed by atoms with E-state index in [0.717, 1.165) is 32.4 Å². The normalized spacial score (nSPS) is 10.8. The van der Waals surface area contributed by atoms with Crippen LogP contribution >= 0.6 is 39.0 Å². The van der Waals surface area contributed by atoms with Crippen molar-refractivity contribution in [3.63, 3.8) is 0 Å². The second-order valence-electron chi connectivity index (χ2n) is 5.55. The number of halogens is 1. The second-order valence-corrected chi connectivity index (χ2v) is 8.10. The molecule has 0 aliphatic rings. The highest BCUT2D eigenvalue weighted by molar-refractivity contribution is 9.10. The molecule has 0 spiro atoms.